The van der Waals surface area contributed by atoms with Crippen LogP contribution in [0.2, 0.25) is 15.1 Å². The number of nitrogens with zero attached hydrogens (tertiary/aromatic N) is 2. The van der Waals surface area contributed by atoms with E-state index in [0.717, 1.165) is 5.56 Å². The fraction of sp³-hybridized carbons (Fsp3) is 0.111. The molecule has 5 nitrogen and oxygen atoms in total. The number of carbonyl (C=O) groups excluding carboxylic acids is 1. The van der Waals surface area contributed by atoms with E-state index in [1.54, 1.807) is 42.6 Å². The Morgan fingerprint density at radius 1 is 1.15 bits per heavy atom. The number of halogens is 3. The predicted octanol–water partition coefficient (Wildman–Crippen LogP) is 5.44. The van der Waals surface area contributed by atoms with E-state index < -0.39 is 5.91 Å². The van der Waals surface area contributed by atoms with Crippen molar-refractivity contribution in [3.8, 4) is 5.75 Å². The van der Waals surface area contributed by atoms with Crippen LogP contribution >= 0.6 is 34.8 Å². The Morgan fingerprint density at radius 3 is 2.58 bits per heavy atom. The molecule has 0 aliphatic heterocycles. The van der Waals surface area contributed by atoms with Gasteiger partial charge in [-0.25, -0.2) is 4.68 Å². The first-order chi connectivity index (χ1) is 12.4. The topological polar surface area (TPSA) is 56.1 Å². The molecule has 3 aromatic rings. The summed E-state index contributed by atoms with van der Waals surface area (Å²) in [6.45, 7) is 2.05. The summed E-state index contributed by atoms with van der Waals surface area (Å²) in [5, 5.41) is 8.21. The smallest absolute Gasteiger partial charge is 0.276 e. The molecular formula is C18H14Cl3N3O2. The standard InChI is InChI=1S/C18H14Cl3N3O2/c1-11-9-12(19)5-6-16(11)26-10-24-8-7-15(23-24)18(25)22-17-13(20)3-2-4-14(17)21/h2-9H,10H2,1H3,(H,22,25). The summed E-state index contributed by atoms with van der Waals surface area (Å²) in [6.07, 6.45) is 1.65. The highest BCUT2D eigenvalue weighted by atomic mass is 35.5. The van der Waals surface area contributed by atoms with Crippen LogP contribution in [0.1, 0.15) is 16.1 Å². The molecule has 8 heteroatoms. The highest BCUT2D eigenvalue weighted by Gasteiger charge is 2.14. The molecular weight excluding hydrogens is 397 g/mol. The Balaban J connectivity index is 1.66. The molecule has 0 saturated heterocycles. The summed E-state index contributed by atoms with van der Waals surface area (Å²) in [5.41, 5.74) is 1.48. The third-order valence-corrected chi connectivity index (χ3v) is 4.43. The number of anilines is 1. The highest BCUT2D eigenvalue weighted by molar-refractivity contribution is 6.40. The van der Waals surface area contributed by atoms with Crippen LogP contribution in [0.4, 0.5) is 5.69 Å². The number of nitrogens with one attached hydrogen (secondary N) is 1. The largest absolute Gasteiger partial charge is 0.471 e. The molecule has 0 unspecified atom stereocenters. The average Bonchev–Trinajstić information content (AvgIpc) is 3.06. The Labute approximate surface area is 165 Å². The molecule has 0 fully saturated rings. The Kier molecular flexibility index (Phi) is 5.71. The SMILES string of the molecule is Cc1cc(Cl)ccc1OCn1ccc(C(=O)Nc2c(Cl)cccc2Cl)n1. The maximum Gasteiger partial charge on any atom is 0.276 e. The van der Waals surface area contributed by atoms with Crippen molar-refractivity contribution in [2.45, 2.75) is 13.7 Å². The van der Waals surface area contributed by atoms with Crippen molar-refractivity contribution in [1.82, 2.24) is 9.78 Å². The first kappa shape index (κ1) is 18.6. The number of aryl methyl sites for hydroxylation is 1. The molecule has 134 valence electrons. The molecule has 0 aliphatic rings. The zero-order chi connectivity index (χ0) is 18.7. The first-order valence-electron chi connectivity index (χ1n) is 7.62. The number of para-hydroxylation sites is 1. The molecule has 2 aromatic carbocycles. The second kappa shape index (κ2) is 7.99. The van der Waals surface area contributed by atoms with Gasteiger partial charge in [-0.2, -0.15) is 5.10 Å². The lowest BCUT2D eigenvalue weighted by molar-refractivity contribution is 0.102. The van der Waals surface area contributed by atoms with Crippen molar-refractivity contribution < 1.29 is 9.53 Å². The molecule has 1 N–H and O–H groups in total. The summed E-state index contributed by atoms with van der Waals surface area (Å²) in [4.78, 5) is 12.3. The van der Waals surface area contributed by atoms with Gasteiger partial charge in [0, 0.05) is 11.2 Å². The van der Waals surface area contributed by atoms with Gasteiger partial charge in [0.25, 0.3) is 5.91 Å². The van der Waals surface area contributed by atoms with Crippen LogP contribution in [0.5, 0.6) is 5.75 Å². The number of benzene rings is 2. The summed E-state index contributed by atoms with van der Waals surface area (Å²) in [6, 6.07) is 11.9. The number of hydrogen-bond acceptors (Lipinski definition) is 3. The maximum atomic E-state index is 12.3. The summed E-state index contributed by atoms with van der Waals surface area (Å²) < 4.78 is 7.21. The zero-order valence-corrected chi connectivity index (χ0v) is 15.9. The van der Waals surface area contributed by atoms with Gasteiger partial charge in [0.05, 0.1) is 15.7 Å². The van der Waals surface area contributed by atoms with E-state index in [9.17, 15) is 4.79 Å². The fourth-order valence-electron chi connectivity index (χ4n) is 2.26. The second-order valence-electron chi connectivity index (χ2n) is 5.47. The quantitative estimate of drug-likeness (QED) is 0.609. The van der Waals surface area contributed by atoms with Gasteiger partial charge in [0.2, 0.25) is 0 Å². The van der Waals surface area contributed by atoms with Gasteiger partial charge >= 0.3 is 0 Å². The minimum atomic E-state index is -0.415. The molecule has 26 heavy (non-hydrogen) atoms. The van der Waals surface area contributed by atoms with E-state index >= 15 is 0 Å². The van der Waals surface area contributed by atoms with Crippen LogP contribution in [-0.4, -0.2) is 15.7 Å². The molecule has 3 rings (SSSR count). The molecule has 0 radical (unpaired) electrons. The Hall–Kier alpha value is -2.21. The number of aromatic nitrogens is 2. The number of carbonyl (C=O) groups is 1. The zero-order valence-electron chi connectivity index (χ0n) is 13.7. The van der Waals surface area contributed by atoms with Gasteiger partial charge < -0.3 is 10.1 Å². The Morgan fingerprint density at radius 2 is 1.88 bits per heavy atom. The summed E-state index contributed by atoms with van der Waals surface area (Å²) in [7, 11) is 0. The van der Waals surface area contributed by atoms with Crippen LogP contribution in [-0.2, 0) is 6.73 Å². The summed E-state index contributed by atoms with van der Waals surface area (Å²) in [5.74, 6) is 0.278. The van der Waals surface area contributed by atoms with Crippen molar-refractivity contribution in [3.05, 3.63) is 75.0 Å². The molecule has 0 spiro atoms. The molecule has 1 aromatic heterocycles. The van der Waals surface area contributed by atoms with Crippen molar-refractivity contribution in [2.75, 3.05) is 5.32 Å². The first-order valence-corrected chi connectivity index (χ1v) is 8.75. The normalized spacial score (nSPS) is 10.6. The van der Waals surface area contributed by atoms with Crippen molar-refractivity contribution in [3.63, 3.8) is 0 Å². The van der Waals surface area contributed by atoms with Crippen LogP contribution < -0.4 is 10.1 Å². The van der Waals surface area contributed by atoms with Crippen molar-refractivity contribution >= 4 is 46.4 Å². The molecule has 0 saturated carbocycles. The molecule has 0 aliphatic carbocycles. The van der Waals surface area contributed by atoms with Gasteiger partial charge in [-0.15, -0.1) is 0 Å². The van der Waals surface area contributed by atoms with Gasteiger partial charge in [0.1, 0.15) is 5.75 Å². The molecule has 0 atom stereocenters. The number of rotatable bonds is 5. The minimum Gasteiger partial charge on any atom is -0.471 e. The van der Waals surface area contributed by atoms with Gasteiger partial charge in [-0.05, 0) is 48.9 Å². The molecule has 1 heterocycles. The van der Waals surface area contributed by atoms with E-state index in [2.05, 4.69) is 10.4 Å². The lowest BCUT2D eigenvalue weighted by Gasteiger charge is -2.09. The van der Waals surface area contributed by atoms with E-state index in [1.165, 1.54) is 4.68 Å². The third kappa shape index (κ3) is 4.30. The van der Waals surface area contributed by atoms with E-state index in [1.807, 2.05) is 13.0 Å². The van der Waals surface area contributed by atoms with Gasteiger partial charge in [-0.1, -0.05) is 40.9 Å². The maximum absolute atomic E-state index is 12.3. The minimum absolute atomic E-state index is 0.155. The van der Waals surface area contributed by atoms with E-state index in [4.69, 9.17) is 39.5 Å². The predicted molar refractivity (Wildman–Crippen MR) is 103 cm³/mol. The van der Waals surface area contributed by atoms with Crippen molar-refractivity contribution in [2.24, 2.45) is 0 Å². The highest BCUT2D eigenvalue weighted by Crippen LogP contribution is 2.30. The number of ether oxygens (including phenoxy) is 1. The summed E-state index contributed by atoms with van der Waals surface area (Å²) >= 11 is 18.0. The van der Waals surface area contributed by atoms with E-state index in [-0.39, 0.29) is 12.4 Å². The molecule has 1 amide bonds. The van der Waals surface area contributed by atoms with Gasteiger partial charge in [-0.3, -0.25) is 4.79 Å². The fourth-order valence-corrected chi connectivity index (χ4v) is 2.98. The third-order valence-electron chi connectivity index (χ3n) is 3.56. The van der Waals surface area contributed by atoms with Crippen LogP contribution in [0, 0.1) is 6.92 Å². The number of hydrogen-bond donors (Lipinski definition) is 1. The second-order valence-corrected chi connectivity index (χ2v) is 6.73. The average molecular weight is 411 g/mol. The Bertz CT molecular complexity index is 936. The lowest BCUT2D eigenvalue weighted by atomic mass is 10.2. The lowest BCUT2D eigenvalue weighted by Crippen LogP contribution is -2.15. The van der Waals surface area contributed by atoms with Crippen LogP contribution in [0.3, 0.4) is 0 Å². The van der Waals surface area contributed by atoms with Gasteiger partial charge in [0.15, 0.2) is 12.4 Å². The monoisotopic (exact) mass is 409 g/mol. The van der Waals surface area contributed by atoms with E-state index in [0.29, 0.717) is 26.5 Å². The van der Waals surface area contributed by atoms with Crippen LogP contribution in [0.15, 0.2) is 48.7 Å². The number of amides is 1. The van der Waals surface area contributed by atoms with Crippen molar-refractivity contribution in [1.29, 1.82) is 0 Å². The van der Waals surface area contributed by atoms with Crippen LogP contribution in [0.25, 0.3) is 0 Å². The molecule has 0 bridgehead atoms.